The zero-order valence-corrected chi connectivity index (χ0v) is 10.8. The molecule has 2 rings (SSSR count). The Hall–Kier alpha value is -2.18. The minimum absolute atomic E-state index is 0.361. The second-order valence-corrected chi connectivity index (χ2v) is 3.79. The van der Waals surface area contributed by atoms with E-state index in [2.05, 4.69) is 15.4 Å². The number of ether oxygens (including phenoxy) is 2. The Morgan fingerprint density at radius 1 is 1.11 bits per heavy atom. The van der Waals surface area contributed by atoms with Crippen molar-refractivity contribution in [2.75, 3.05) is 14.2 Å². The van der Waals surface area contributed by atoms with Gasteiger partial charge in [-0.3, -0.25) is 10.8 Å². The van der Waals surface area contributed by atoms with Gasteiger partial charge in [-0.15, -0.1) is 0 Å². The van der Waals surface area contributed by atoms with Gasteiger partial charge in [0.05, 0.1) is 20.3 Å². The second-order valence-electron chi connectivity index (χ2n) is 3.79. The molecular formula is C13H16N4O2. The van der Waals surface area contributed by atoms with Gasteiger partial charge in [0, 0.05) is 18.0 Å². The number of nitrogens with one attached hydrogen (secondary N) is 1. The second kappa shape index (κ2) is 6.12. The van der Waals surface area contributed by atoms with Gasteiger partial charge in [-0.05, 0) is 18.2 Å². The maximum absolute atomic E-state index is 5.66. The average Bonchev–Trinajstić information content (AvgIpc) is 2.49. The van der Waals surface area contributed by atoms with Crippen LogP contribution in [0, 0.1) is 0 Å². The Balaban J connectivity index is 2.50. The SMILES string of the molecule is COc1cccnc1C(NN)c1cccnc1OC. The summed E-state index contributed by atoms with van der Waals surface area (Å²) in [5.74, 6) is 6.80. The molecule has 0 bridgehead atoms. The van der Waals surface area contributed by atoms with Gasteiger partial charge in [-0.25, -0.2) is 10.4 Å². The van der Waals surface area contributed by atoms with E-state index in [0.29, 0.717) is 17.3 Å². The van der Waals surface area contributed by atoms with Gasteiger partial charge >= 0.3 is 0 Å². The van der Waals surface area contributed by atoms with Crippen molar-refractivity contribution in [2.24, 2.45) is 5.84 Å². The van der Waals surface area contributed by atoms with E-state index in [1.54, 1.807) is 32.7 Å². The molecule has 2 heterocycles. The van der Waals surface area contributed by atoms with E-state index < -0.39 is 0 Å². The minimum Gasteiger partial charge on any atom is -0.495 e. The predicted octanol–water partition coefficient (Wildman–Crippen LogP) is 1.05. The van der Waals surface area contributed by atoms with Crippen LogP contribution in [-0.2, 0) is 0 Å². The van der Waals surface area contributed by atoms with Gasteiger partial charge < -0.3 is 9.47 Å². The molecule has 0 saturated heterocycles. The highest BCUT2D eigenvalue weighted by Gasteiger charge is 2.22. The Morgan fingerprint density at radius 2 is 1.84 bits per heavy atom. The fourth-order valence-electron chi connectivity index (χ4n) is 1.90. The lowest BCUT2D eigenvalue weighted by Crippen LogP contribution is -2.30. The highest BCUT2D eigenvalue weighted by Crippen LogP contribution is 2.31. The normalized spacial score (nSPS) is 11.9. The summed E-state index contributed by atoms with van der Waals surface area (Å²) in [6.07, 6.45) is 3.34. The fraction of sp³-hybridized carbons (Fsp3) is 0.231. The van der Waals surface area contributed by atoms with E-state index in [-0.39, 0.29) is 6.04 Å². The summed E-state index contributed by atoms with van der Waals surface area (Å²) in [5, 5.41) is 0. The Kier molecular flexibility index (Phi) is 4.27. The molecule has 19 heavy (non-hydrogen) atoms. The molecule has 3 N–H and O–H groups in total. The van der Waals surface area contributed by atoms with E-state index in [1.807, 2.05) is 18.2 Å². The zero-order valence-electron chi connectivity index (χ0n) is 10.8. The van der Waals surface area contributed by atoms with Crippen molar-refractivity contribution in [3.05, 3.63) is 47.9 Å². The molecule has 0 fully saturated rings. The number of rotatable bonds is 5. The number of methoxy groups -OCH3 is 2. The van der Waals surface area contributed by atoms with E-state index >= 15 is 0 Å². The first-order valence-electron chi connectivity index (χ1n) is 5.75. The first-order valence-corrected chi connectivity index (χ1v) is 5.75. The van der Waals surface area contributed by atoms with Crippen LogP contribution in [0.2, 0.25) is 0 Å². The monoisotopic (exact) mass is 260 g/mol. The number of pyridine rings is 2. The van der Waals surface area contributed by atoms with Gasteiger partial charge in [0.2, 0.25) is 5.88 Å². The van der Waals surface area contributed by atoms with Gasteiger partial charge in [-0.1, -0.05) is 6.07 Å². The third-order valence-corrected chi connectivity index (χ3v) is 2.76. The maximum Gasteiger partial charge on any atom is 0.218 e. The Morgan fingerprint density at radius 3 is 2.53 bits per heavy atom. The molecule has 1 atom stereocenters. The average molecular weight is 260 g/mol. The Bertz CT molecular complexity index is 500. The Labute approximate surface area is 111 Å². The molecule has 0 saturated carbocycles. The van der Waals surface area contributed by atoms with Crippen LogP contribution in [0.4, 0.5) is 0 Å². The zero-order chi connectivity index (χ0) is 13.7. The van der Waals surface area contributed by atoms with E-state index in [1.165, 1.54) is 0 Å². The number of aromatic nitrogens is 2. The molecule has 2 aromatic heterocycles. The number of hydrogen-bond donors (Lipinski definition) is 2. The summed E-state index contributed by atoms with van der Waals surface area (Å²) < 4.78 is 10.6. The van der Waals surface area contributed by atoms with Crippen LogP contribution >= 0.6 is 0 Å². The van der Waals surface area contributed by atoms with Crippen LogP contribution in [0.25, 0.3) is 0 Å². The summed E-state index contributed by atoms with van der Waals surface area (Å²) in [5.41, 5.74) is 4.20. The molecule has 0 aliphatic carbocycles. The molecular weight excluding hydrogens is 244 g/mol. The lowest BCUT2D eigenvalue weighted by Gasteiger charge is -2.19. The number of nitrogens with two attached hydrogens (primary N) is 1. The van der Waals surface area contributed by atoms with E-state index in [4.69, 9.17) is 15.3 Å². The smallest absolute Gasteiger partial charge is 0.218 e. The number of hydrogen-bond acceptors (Lipinski definition) is 6. The van der Waals surface area contributed by atoms with Crippen LogP contribution in [0.5, 0.6) is 11.6 Å². The number of nitrogens with zero attached hydrogens (tertiary/aromatic N) is 2. The van der Waals surface area contributed by atoms with Crippen molar-refractivity contribution in [2.45, 2.75) is 6.04 Å². The van der Waals surface area contributed by atoms with Gasteiger partial charge in [0.25, 0.3) is 0 Å². The summed E-state index contributed by atoms with van der Waals surface area (Å²) in [7, 11) is 3.16. The standard InChI is InChI=1S/C13H16N4O2/c1-18-10-6-4-7-15-12(10)11(17-14)9-5-3-8-16-13(9)19-2/h3-8,11,17H,14H2,1-2H3. The van der Waals surface area contributed by atoms with Crippen molar-refractivity contribution in [3.8, 4) is 11.6 Å². The van der Waals surface area contributed by atoms with Crippen LogP contribution < -0.4 is 20.7 Å². The van der Waals surface area contributed by atoms with Crippen LogP contribution in [0.3, 0.4) is 0 Å². The van der Waals surface area contributed by atoms with Crippen LogP contribution in [0.1, 0.15) is 17.3 Å². The van der Waals surface area contributed by atoms with E-state index in [0.717, 1.165) is 5.56 Å². The molecule has 0 aromatic carbocycles. The van der Waals surface area contributed by atoms with Crippen LogP contribution in [0.15, 0.2) is 36.7 Å². The molecule has 2 aromatic rings. The molecule has 100 valence electrons. The quantitative estimate of drug-likeness (QED) is 0.617. The van der Waals surface area contributed by atoms with Gasteiger partial charge in [-0.2, -0.15) is 0 Å². The van der Waals surface area contributed by atoms with Gasteiger partial charge in [0.15, 0.2) is 0 Å². The summed E-state index contributed by atoms with van der Waals surface area (Å²) in [6, 6.07) is 6.97. The summed E-state index contributed by atoms with van der Waals surface area (Å²) >= 11 is 0. The maximum atomic E-state index is 5.66. The van der Waals surface area contributed by atoms with Crippen LogP contribution in [-0.4, -0.2) is 24.2 Å². The van der Waals surface area contributed by atoms with Gasteiger partial charge in [0.1, 0.15) is 11.4 Å². The van der Waals surface area contributed by atoms with Crippen molar-refractivity contribution in [1.29, 1.82) is 0 Å². The first-order chi connectivity index (χ1) is 9.31. The summed E-state index contributed by atoms with van der Waals surface area (Å²) in [4.78, 5) is 8.48. The van der Waals surface area contributed by atoms with Crippen molar-refractivity contribution in [1.82, 2.24) is 15.4 Å². The minimum atomic E-state index is -0.361. The fourth-order valence-corrected chi connectivity index (χ4v) is 1.90. The highest BCUT2D eigenvalue weighted by atomic mass is 16.5. The number of hydrazine groups is 1. The highest BCUT2D eigenvalue weighted by molar-refractivity contribution is 5.40. The third kappa shape index (κ3) is 2.64. The third-order valence-electron chi connectivity index (χ3n) is 2.76. The first kappa shape index (κ1) is 13.3. The largest absolute Gasteiger partial charge is 0.495 e. The van der Waals surface area contributed by atoms with Crippen molar-refractivity contribution < 1.29 is 9.47 Å². The lowest BCUT2D eigenvalue weighted by atomic mass is 10.0. The molecule has 6 heteroatoms. The molecule has 0 spiro atoms. The molecule has 0 amide bonds. The van der Waals surface area contributed by atoms with Crippen molar-refractivity contribution in [3.63, 3.8) is 0 Å². The van der Waals surface area contributed by atoms with E-state index in [9.17, 15) is 0 Å². The molecule has 0 aliphatic heterocycles. The molecule has 1 unspecified atom stereocenters. The molecule has 6 nitrogen and oxygen atoms in total. The predicted molar refractivity (Wildman–Crippen MR) is 70.7 cm³/mol. The topological polar surface area (TPSA) is 82.3 Å². The summed E-state index contributed by atoms with van der Waals surface area (Å²) in [6.45, 7) is 0. The molecule has 0 radical (unpaired) electrons. The molecule has 0 aliphatic rings. The lowest BCUT2D eigenvalue weighted by molar-refractivity contribution is 0.380. The van der Waals surface area contributed by atoms with Crippen molar-refractivity contribution >= 4 is 0 Å².